The van der Waals surface area contributed by atoms with Crippen molar-refractivity contribution in [1.29, 1.82) is 5.26 Å². The topological polar surface area (TPSA) is 157 Å². The Morgan fingerprint density at radius 1 is 1.30 bits per heavy atom. The Morgan fingerprint density at radius 3 is 2.60 bits per heavy atom. The van der Waals surface area contributed by atoms with Gasteiger partial charge in [0.05, 0.1) is 17.3 Å². The number of rotatable bonds is 7. The van der Waals surface area contributed by atoms with E-state index in [9.17, 15) is 23.2 Å². The highest BCUT2D eigenvalue weighted by Crippen LogP contribution is 2.31. The standard InChI is InChI=1S/C18H20F3N7OS/c1-30-16-11(8-22)14(27-17(25)28-16)12(23)5-6-13(24)15(29)26-10-4-2-3-9(7-10)18(19,20)21/h2-4,7,12-13H,5-6,23-24H2,1H3,(H,26,29)(H2,25,27,28)/t12?,13-/m0/s1. The van der Waals surface area contributed by atoms with Crippen molar-refractivity contribution in [2.45, 2.75) is 36.1 Å². The average Bonchev–Trinajstić information content (AvgIpc) is 2.70. The molecule has 8 nitrogen and oxygen atoms in total. The number of halogens is 3. The lowest BCUT2D eigenvalue weighted by atomic mass is 10.0. The number of alkyl halides is 3. The van der Waals surface area contributed by atoms with E-state index in [4.69, 9.17) is 17.2 Å². The number of hydrogen-bond donors (Lipinski definition) is 4. The number of amides is 1. The van der Waals surface area contributed by atoms with Crippen LogP contribution in [0.25, 0.3) is 0 Å². The van der Waals surface area contributed by atoms with E-state index >= 15 is 0 Å². The van der Waals surface area contributed by atoms with Gasteiger partial charge in [-0.25, -0.2) is 9.97 Å². The molecule has 0 fully saturated rings. The number of nitriles is 1. The van der Waals surface area contributed by atoms with Crippen LogP contribution in [-0.2, 0) is 11.0 Å². The summed E-state index contributed by atoms with van der Waals surface area (Å²) in [7, 11) is 0. The van der Waals surface area contributed by atoms with Gasteiger partial charge in [-0.3, -0.25) is 4.79 Å². The predicted octanol–water partition coefficient (Wildman–Crippen LogP) is 2.42. The quantitative estimate of drug-likeness (QED) is 0.378. The molecule has 2 atom stereocenters. The van der Waals surface area contributed by atoms with Crippen LogP contribution in [0.4, 0.5) is 24.8 Å². The molecule has 1 aromatic heterocycles. The number of aromatic nitrogens is 2. The zero-order valence-corrected chi connectivity index (χ0v) is 16.7. The zero-order chi connectivity index (χ0) is 22.5. The Labute approximate surface area is 175 Å². The van der Waals surface area contributed by atoms with Gasteiger partial charge in [-0.2, -0.15) is 18.4 Å². The van der Waals surface area contributed by atoms with Gasteiger partial charge in [0.15, 0.2) is 0 Å². The first-order valence-electron chi connectivity index (χ1n) is 8.67. The summed E-state index contributed by atoms with van der Waals surface area (Å²) in [5, 5.41) is 12.1. The van der Waals surface area contributed by atoms with Crippen LogP contribution in [0.15, 0.2) is 29.3 Å². The van der Waals surface area contributed by atoms with Gasteiger partial charge in [-0.15, -0.1) is 11.8 Å². The summed E-state index contributed by atoms with van der Waals surface area (Å²) in [6, 6.07) is 4.48. The van der Waals surface area contributed by atoms with Crippen molar-refractivity contribution in [2.24, 2.45) is 11.5 Å². The molecule has 1 amide bonds. The molecule has 0 radical (unpaired) electrons. The van der Waals surface area contributed by atoms with Gasteiger partial charge < -0.3 is 22.5 Å². The molecule has 30 heavy (non-hydrogen) atoms. The van der Waals surface area contributed by atoms with E-state index < -0.39 is 29.7 Å². The summed E-state index contributed by atoms with van der Waals surface area (Å²) >= 11 is 1.22. The normalized spacial score (nSPS) is 13.4. The van der Waals surface area contributed by atoms with Crippen LogP contribution < -0.4 is 22.5 Å². The van der Waals surface area contributed by atoms with Crippen molar-refractivity contribution < 1.29 is 18.0 Å². The highest BCUT2D eigenvalue weighted by atomic mass is 32.2. The van der Waals surface area contributed by atoms with Gasteiger partial charge in [0.2, 0.25) is 11.9 Å². The molecular weight excluding hydrogens is 419 g/mol. The molecule has 7 N–H and O–H groups in total. The number of carbonyl (C=O) groups excluding carboxylic acids is 1. The van der Waals surface area contributed by atoms with E-state index in [0.717, 1.165) is 12.1 Å². The maximum absolute atomic E-state index is 12.8. The van der Waals surface area contributed by atoms with Crippen molar-refractivity contribution in [2.75, 3.05) is 17.3 Å². The van der Waals surface area contributed by atoms with Crippen LogP contribution in [0.5, 0.6) is 0 Å². The number of nitrogens with one attached hydrogen (secondary N) is 1. The Hall–Kier alpha value is -2.88. The number of nitrogens with zero attached hydrogens (tertiary/aromatic N) is 3. The second kappa shape index (κ2) is 9.75. The van der Waals surface area contributed by atoms with E-state index in [-0.39, 0.29) is 35.7 Å². The Bertz CT molecular complexity index is 962. The van der Waals surface area contributed by atoms with Gasteiger partial charge >= 0.3 is 6.18 Å². The number of carbonyl (C=O) groups is 1. The Balaban J connectivity index is 2.04. The number of nitrogens with two attached hydrogens (primary N) is 3. The van der Waals surface area contributed by atoms with Gasteiger partial charge in [-0.1, -0.05) is 6.07 Å². The number of thioether (sulfide) groups is 1. The molecule has 0 bridgehead atoms. The van der Waals surface area contributed by atoms with E-state index in [1.54, 1.807) is 6.26 Å². The minimum atomic E-state index is -4.52. The van der Waals surface area contributed by atoms with Crippen LogP contribution in [0.1, 0.15) is 35.7 Å². The van der Waals surface area contributed by atoms with E-state index in [1.165, 1.54) is 23.9 Å². The first kappa shape index (κ1) is 23.4. The molecule has 2 rings (SSSR count). The molecule has 0 aliphatic heterocycles. The number of benzene rings is 1. The second-order valence-corrected chi connectivity index (χ2v) is 7.12. The van der Waals surface area contributed by atoms with Crippen LogP contribution in [0.3, 0.4) is 0 Å². The van der Waals surface area contributed by atoms with Gasteiger partial charge in [0, 0.05) is 11.7 Å². The lowest BCUT2D eigenvalue weighted by Crippen LogP contribution is -2.36. The summed E-state index contributed by atoms with van der Waals surface area (Å²) in [6.45, 7) is 0. The highest BCUT2D eigenvalue weighted by Gasteiger charge is 2.30. The molecule has 0 aliphatic rings. The SMILES string of the molecule is CSc1nc(N)nc(C(N)CC[C@H](N)C(=O)Nc2cccc(C(F)(F)F)c2)c1C#N. The van der Waals surface area contributed by atoms with Gasteiger partial charge in [0.25, 0.3) is 0 Å². The highest BCUT2D eigenvalue weighted by molar-refractivity contribution is 7.98. The van der Waals surface area contributed by atoms with Crippen LogP contribution >= 0.6 is 11.8 Å². The van der Waals surface area contributed by atoms with Crippen molar-refractivity contribution in [3.8, 4) is 6.07 Å². The maximum atomic E-state index is 12.8. The van der Waals surface area contributed by atoms with Crippen LogP contribution in [0, 0.1) is 11.3 Å². The summed E-state index contributed by atoms with van der Waals surface area (Å²) in [5.74, 6) is -0.690. The Kier molecular flexibility index (Phi) is 7.60. The van der Waals surface area contributed by atoms with E-state index in [0.29, 0.717) is 5.03 Å². The lowest BCUT2D eigenvalue weighted by Gasteiger charge is -2.17. The monoisotopic (exact) mass is 439 g/mol. The summed E-state index contributed by atoms with van der Waals surface area (Å²) in [4.78, 5) is 20.3. The molecule has 12 heteroatoms. The molecule has 0 aliphatic carbocycles. The molecule has 0 saturated heterocycles. The molecule has 1 unspecified atom stereocenters. The fourth-order valence-corrected chi connectivity index (χ4v) is 3.17. The fourth-order valence-electron chi connectivity index (χ4n) is 2.63. The van der Waals surface area contributed by atoms with Crippen molar-refractivity contribution in [1.82, 2.24) is 9.97 Å². The molecule has 0 spiro atoms. The maximum Gasteiger partial charge on any atom is 0.416 e. The summed E-state index contributed by atoms with van der Waals surface area (Å²) in [5.41, 5.74) is 17.2. The first-order chi connectivity index (χ1) is 14.1. The van der Waals surface area contributed by atoms with Crippen LogP contribution in [-0.4, -0.2) is 28.2 Å². The first-order valence-corrected chi connectivity index (χ1v) is 9.90. The molecular formula is C18H20F3N7OS. The number of nitrogen functional groups attached to an aromatic ring is 1. The van der Waals surface area contributed by atoms with Crippen molar-refractivity contribution in [3.05, 3.63) is 41.1 Å². The van der Waals surface area contributed by atoms with Crippen molar-refractivity contribution in [3.63, 3.8) is 0 Å². The molecule has 2 aromatic rings. The third-order valence-corrected chi connectivity index (χ3v) is 4.84. The molecule has 160 valence electrons. The summed E-state index contributed by atoms with van der Waals surface area (Å²) in [6.07, 6.45) is -2.50. The summed E-state index contributed by atoms with van der Waals surface area (Å²) < 4.78 is 38.4. The van der Waals surface area contributed by atoms with Crippen molar-refractivity contribution >= 4 is 29.3 Å². The van der Waals surface area contributed by atoms with E-state index in [2.05, 4.69) is 15.3 Å². The van der Waals surface area contributed by atoms with E-state index in [1.807, 2.05) is 6.07 Å². The van der Waals surface area contributed by atoms with Crippen LogP contribution in [0.2, 0.25) is 0 Å². The zero-order valence-electron chi connectivity index (χ0n) is 15.9. The largest absolute Gasteiger partial charge is 0.416 e. The fraction of sp³-hybridized carbons (Fsp3) is 0.333. The van der Waals surface area contributed by atoms with Gasteiger partial charge in [0.1, 0.15) is 16.7 Å². The Morgan fingerprint density at radius 2 is 2.00 bits per heavy atom. The van der Waals surface area contributed by atoms with Gasteiger partial charge in [-0.05, 0) is 37.3 Å². The number of anilines is 2. The predicted molar refractivity (Wildman–Crippen MR) is 107 cm³/mol. The molecule has 0 saturated carbocycles. The minimum absolute atomic E-state index is 0.0190. The third kappa shape index (κ3) is 5.82. The number of hydrogen-bond acceptors (Lipinski definition) is 8. The minimum Gasteiger partial charge on any atom is -0.368 e. The molecule has 1 heterocycles. The lowest BCUT2D eigenvalue weighted by molar-refractivity contribution is -0.137. The molecule has 1 aromatic carbocycles. The second-order valence-electron chi connectivity index (χ2n) is 6.32. The third-order valence-electron chi connectivity index (χ3n) is 4.16. The average molecular weight is 439 g/mol. The smallest absolute Gasteiger partial charge is 0.368 e.